The summed E-state index contributed by atoms with van der Waals surface area (Å²) in [5, 5.41) is 13.7. The first kappa shape index (κ1) is 11.7. The predicted octanol–water partition coefficient (Wildman–Crippen LogP) is -0.145. The van der Waals surface area contributed by atoms with Crippen molar-refractivity contribution in [1.82, 2.24) is 14.8 Å². The van der Waals surface area contributed by atoms with Crippen molar-refractivity contribution in [3.05, 3.63) is 21.0 Å². The van der Waals surface area contributed by atoms with Gasteiger partial charge < -0.3 is 5.11 Å². The summed E-state index contributed by atoms with van der Waals surface area (Å²) in [5.74, 6) is -0.933. The van der Waals surface area contributed by atoms with Crippen molar-refractivity contribution in [2.24, 2.45) is 5.92 Å². The first-order chi connectivity index (χ1) is 7.97. The van der Waals surface area contributed by atoms with E-state index in [1.165, 1.54) is 0 Å². The molecule has 7 heteroatoms. The van der Waals surface area contributed by atoms with Crippen LogP contribution in [0, 0.1) is 5.92 Å². The summed E-state index contributed by atoms with van der Waals surface area (Å²) < 4.78 is 0.811. The molecule has 1 aliphatic carbocycles. The third kappa shape index (κ3) is 1.71. The third-order valence-corrected chi connectivity index (χ3v) is 3.48. The highest BCUT2D eigenvalue weighted by Crippen LogP contribution is 2.36. The second-order valence-corrected chi connectivity index (χ2v) is 4.73. The summed E-state index contributed by atoms with van der Waals surface area (Å²) in [6.45, 7) is 1.93. The van der Waals surface area contributed by atoms with E-state index in [2.05, 4.69) is 10.2 Å². The van der Waals surface area contributed by atoms with Crippen LogP contribution in [0.25, 0.3) is 0 Å². The Labute approximate surface area is 96.5 Å². The van der Waals surface area contributed by atoms with Gasteiger partial charge in [0, 0.05) is 0 Å². The quantitative estimate of drug-likeness (QED) is 0.669. The van der Waals surface area contributed by atoms with Crippen molar-refractivity contribution >= 4 is 5.97 Å². The van der Waals surface area contributed by atoms with Crippen LogP contribution in [-0.4, -0.2) is 25.8 Å². The Hall–Kier alpha value is -1.79. The molecule has 0 amide bonds. The molecule has 1 heterocycles. The van der Waals surface area contributed by atoms with E-state index in [4.69, 9.17) is 0 Å². The van der Waals surface area contributed by atoms with Gasteiger partial charge >= 0.3 is 17.3 Å². The fraction of sp³-hybridized carbons (Fsp3) is 0.700. The smallest absolute Gasteiger partial charge is 0.345 e. The number of carbonyl (C=O) groups is 1. The minimum absolute atomic E-state index is 0.182. The number of H-pyrrole nitrogens is 2. The topological polar surface area (TPSA) is 108 Å². The van der Waals surface area contributed by atoms with Gasteiger partial charge in [-0.3, -0.25) is 0 Å². The van der Waals surface area contributed by atoms with E-state index in [0.717, 1.165) is 11.0 Å². The molecule has 3 N–H and O–H groups in total. The first-order valence-corrected chi connectivity index (χ1v) is 5.61. The molecule has 1 aromatic rings. The number of aromatic nitrogens is 3. The van der Waals surface area contributed by atoms with Gasteiger partial charge in [0.15, 0.2) is 5.54 Å². The SMILES string of the molecule is CC1CCCC(C(=O)O)(n2c(=O)[nH][nH]c2=O)C1. The van der Waals surface area contributed by atoms with Gasteiger partial charge in [-0.05, 0) is 18.8 Å². The number of carboxylic acids is 1. The zero-order valence-corrected chi connectivity index (χ0v) is 9.52. The lowest BCUT2D eigenvalue weighted by Gasteiger charge is -2.35. The number of nitrogens with zero attached hydrogens (tertiary/aromatic N) is 1. The summed E-state index contributed by atoms with van der Waals surface area (Å²) in [6.07, 6.45) is 2.24. The molecule has 0 spiro atoms. The molecule has 7 nitrogen and oxygen atoms in total. The van der Waals surface area contributed by atoms with E-state index in [1.807, 2.05) is 6.92 Å². The highest BCUT2D eigenvalue weighted by molar-refractivity contribution is 5.76. The van der Waals surface area contributed by atoms with Gasteiger partial charge in [-0.25, -0.2) is 29.1 Å². The molecule has 0 radical (unpaired) electrons. The first-order valence-electron chi connectivity index (χ1n) is 5.61. The monoisotopic (exact) mass is 241 g/mol. The van der Waals surface area contributed by atoms with E-state index >= 15 is 0 Å². The molecule has 1 aliphatic rings. The lowest BCUT2D eigenvalue weighted by atomic mass is 9.76. The fourth-order valence-electron chi connectivity index (χ4n) is 2.72. The normalized spacial score (nSPS) is 29.1. The third-order valence-electron chi connectivity index (χ3n) is 3.48. The van der Waals surface area contributed by atoms with Gasteiger partial charge in [-0.15, -0.1) is 0 Å². The highest BCUT2D eigenvalue weighted by Gasteiger charge is 2.46. The molecule has 94 valence electrons. The molecule has 1 fully saturated rings. The molecule has 17 heavy (non-hydrogen) atoms. The second kappa shape index (κ2) is 3.90. The molecular weight excluding hydrogens is 226 g/mol. The van der Waals surface area contributed by atoms with Crippen LogP contribution in [0.15, 0.2) is 9.59 Å². The van der Waals surface area contributed by atoms with Crippen molar-refractivity contribution in [2.45, 2.75) is 38.1 Å². The minimum Gasteiger partial charge on any atom is -0.479 e. The van der Waals surface area contributed by atoms with Crippen molar-refractivity contribution < 1.29 is 9.90 Å². The number of nitrogens with one attached hydrogen (secondary N) is 2. The van der Waals surface area contributed by atoms with Gasteiger partial charge in [0.25, 0.3) is 0 Å². The molecular formula is C10H15N3O4. The van der Waals surface area contributed by atoms with Crippen LogP contribution in [0.4, 0.5) is 0 Å². The molecule has 0 saturated heterocycles. The summed E-state index contributed by atoms with van der Waals surface area (Å²) >= 11 is 0. The second-order valence-electron chi connectivity index (χ2n) is 4.73. The number of carboxylic acid groups (broad SMARTS) is 1. The Morgan fingerprint density at radius 3 is 2.47 bits per heavy atom. The zero-order chi connectivity index (χ0) is 12.6. The van der Waals surface area contributed by atoms with Gasteiger partial charge in [-0.1, -0.05) is 19.8 Å². The van der Waals surface area contributed by atoms with Crippen molar-refractivity contribution in [3.63, 3.8) is 0 Å². The molecule has 2 unspecified atom stereocenters. The van der Waals surface area contributed by atoms with E-state index < -0.39 is 22.9 Å². The summed E-state index contributed by atoms with van der Waals surface area (Å²) in [5.41, 5.74) is -2.78. The number of hydrogen-bond acceptors (Lipinski definition) is 3. The number of aromatic amines is 2. The molecule has 1 saturated carbocycles. The zero-order valence-electron chi connectivity index (χ0n) is 9.52. The molecule has 0 aromatic carbocycles. The van der Waals surface area contributed by atoms with Crippen molar-refractivity contribution in [3.8, 4) is 0 Å². The van der Waals surface area contributed by atoms with Crippen molar-refractivity contribution in [1.29, 1.82) is 0 Å². The number of rotatable bonds is 2. The average molecular weight is 241 g/mol. The van der Waals surface area contributed by atoms with Crippen LogP contribution in [0.2, 0.25) is 0 Å². The van der Waals surface area contributed by atoms with Crippen LogP contribution in [-0.2, 0) is 10.3 Å². The lowest BCUT2D eigenvalue weighted by molar-refractivity contribution is -0.150. The van der Waals surface area contributed by atoms with Gasteiger partial charge in [0.05, 0.1) is 0 Å². The average Bonchev–Trinajstić information content (AvgIpc) is 2.58. The molecule has 2 atom stereocenters. The number of aliphatic carboxylic acids is 1. The highest BCUT2D eigenvalue weighted by atomic mass is 16.4. The molecule has 1 aromatic heterocycles. The molecule has 2 rings (SSSR count). The van der Waals surface area contributed by atoms with E-state index in [1.54, 1.807) is 0 Å². The van der Waals surface area contributed by atoms with Crippen LogP contribution in [0.3, 0.4) is 0 Å². The standard InChI is InChI=1S/C10H15N3O4/c1-6-3-2-4-10(5-6,7(14)15)13-8(16)11-12-9(13)17/h6H,2-5H2,1H3,(H,11,16)(H,12,17)(H,14,15). The van der Waals surface area contributed by atoms with Crippen LogP contribution < -0.4 is 11.4 Å². The number of hydrogen-bond donors (Lipinski definition) is 3. The summed E-state index contributed by atoms with van der Waals surface area (Å²) in [4.78, 5) is 34.6. The van der Waals surface area contributed by atoms with Gasteiger partial charge in [0.1, 0.15) is 0 Å². The predicted molar refractivity (Wildman–Crippen MR) is 58.9 cm³/mol. The maximum absolute atomic E-state index is 11.6. The summed E-state index contributed by atoms with van der Waals surface area (Å²) in [7, 11) is 0. The van der Waals surface area contributed by atoms with Gasteiger partial charge in [0.2, 0.25) is 0 Å². The maximum Gasteiger partial charge on any atom is 0.345 e. The van der Waals surface area contributed by atoms with Crippen LogP contribution in [0.1, 0.15) is 32.6 Å². The Balaban J connectivity index is 2.60. The fourth-order valence-corrected chi connectivity index (χ4v) is 2.72. The summed E-state index contributed by atoms with van der Waals surface area (Å²) in [6, 6.07) is 0. The Bertz CT molecular complexity index is 513. The molecule has 0 bridgehead atoms. The van der Waals surface area contributed by atoms with E-state index in [9.17, 15) is 19.5 Å². The van der Waals surface area contributed by atoms with Crippen molar-refractivity contribution in [2.75, 3.05) is 0 Å². The van der Waals surface area contributed by atoms with E-state index in [-0.39, 0.29) is 5.92 Å². The Morgan fingerprint density at radius 1 is 1.41 bits per heavy atom. The molecule has 0 aliphatic heterocycles. The Kier molecular flexibility index (Phi) is 2.68. The van der Waals surface area contributed by atoms with Crippen LogP contribution in [0.5, 0.6) is 0 Å². The largest absolute Gasteiger partial charge is 0.479 e. The Morgan fingerprint density at radius 2 is 2.00 bits per heavy atom. The maximum atomic E-state index is 11.6. The van der Waals surface area contributed by atoms with Gasteiger partial charge in [-0.2, -0.15) is 0 Å². The van der Waals surface area contributed by atoms with Crippen LogP contribution >= 0.6 is 0 Å². The minimum atomic E-state index is -1.40. The van der Waals surface area contributed by atoms with E-state index in [0.29, 0.717) is 19.3 Å². The lowest BCUT2D eigenvalue weighted by Crippen LogP contribution is -2.53.